The number of halogens is 3. The predicted octanol–water partition coefficient (Wildman–Crippen LogP) is 3.33. The number of likely N-dealkylation sites (N-methyl/N-ethyl adjacent to an activating group) is 1. The summed E-state index contributed by atoms with van der Waals surface area (Å²) in [5.74, 6) is -4.04. The summed E-state index contributed by atoms with van der Waals surface area (Å²) in [4.78, 5) is 23.3. The van der Waals surface area contributed by atoms with Crippen LogP contribution < -0.4 is 4.72 Å². The van der Waals surface area contributed by atoms with Gasteiger partial charge in [0, 0.05) is 0 Å². The molecule has 11 heteroatoms. The van der Waals surface area contributed by atoms with Crippen molar-refractivity contribution in [3.05, 3.63) is 29.8 Å². The van der Waals surface area contributed by atoms with E-state index in [1.807, 2.05) is 14.1 Å². The number of alkyl halides is 3. The van der Waals surface area contributed by atoms with Gasteiger partial charge in [0.1, 0.15) is 0 Å². The first-order chi connectivity index (χ1) is 15.2. The molecule has 7 nitrogen and oxygen atoms in total. The van der Waals surface area contributed by atoms with E-state index < -0.39 is 40.1 Å². The second-order valence-corrected chi connectivity index (χ2v) is 11.0. The number of ether oxygens (including phenoxy) is 1. The Balaban J connectivity index is 2.23. The molecule has 33 heavy (non-hydrogen) atoms. The number of carbonyl (C=O) groups excluding carboxylic acids is 2. The van der Waals surface area contributed by atoms with Crippen LogP contribution in [0.4, 0.5) is 13.2 Å². The van der Waals surface area contributed by atoms with Gasteiger partial charge in [-0.2, -0.15) is 17.9 Å². The lowest BCUT2D eigenvalue weighted by Gasteiger charge is -2.45. The molecule has 0 spiro atoms. The molecule has 0 aliphatic carbocycles. The molecule has 186 valence electrons. The van der Waals surface area contributed by atoms with Crippen LogP contribution in [0.5, 0.6) is 0 Å². The minimum absolute atomic E-state index is 0.00303. The Hall–Kier alpha value is -1.98. The number of hydrogen-bond acceptors (Lipinski definition) is 5. The fourth-order valence-corrected chi connectivity index (χ4v) is 5.74. The third-order valence-electron chi connectivity index (χ3n) is 5.72. The molecule has 0 bridgehead atoms. The van der Waals surface area contributed by atoms with Crippen LogP contribution in [-0.2, 0) is 30.8 Å². The summed E-state index contributed by atoms with van der Waals surface area (Å²) < 4.78 is 70.6. The van der Waals surface area contributed by atoms with Crippen LogP contribution in [0.3, 0.4) is 0 Å². The number of aryl methyl sites for hydroxylation is 1. The number of piperidine rings is 1. The molecule has 0 radical (unpaired) electrons. The van der Waals surface area contributed by atoms with Crippen LogP contribution in [-0.4, -0.2) is 63.7 Å². The molecule has 1 aromatic rings. The van der Waals surface area contributed by atoms with Crippen molar-refractivity contribution in [2.45, 2.75) is 68.5 Å². The Bertz CT molecular complexity index is 946. The van der Waals surface area contributed by atoms with E-state index in [0.717, 1.165) is 31.2 Å². The number of nitrogens with one attached hydrogen (secondary N) is 1. The molecule has 1 unspecified atom stereocenters. The standard InChI is InChI=1S/C22H32F3N2O5S/c1-4-5-6-8-17-9-11-18(12-10-17)33(30,31)26-21(13-7-14-27(2,3)16-21)15-19(28)32-20(29)22(23,24)25/h9-12,26H,4-8,13-16H2,1-3H3/q+1. The van der Waals surface area contributed by atoms with Crippen molar-refractivity contribution in [3.63, 3.8) is 0 Å². The van der Waals surface area contributed by atoms with Crippen molar-refractivity contribution < 1.29 is 40.4 Å². The highest BCUT2D eigenvalue weighted by Gasteiger charge is 2.48. The van der Waals surface area contributed by atoms with Gasteiger partial charge >= 0.3 is 18.1 Å². The molecule has 1 aliphatic heterocycles. The van der Waals surface area contributed by atoms with E-state index in [1.54, 1.807) is 12.1 Å². The number of quaternary nitrogens is 1. The summed E-state index contributed by atoms with van der Waals surface area (Å²) in [7, 11) is -0.422. The Kier molecular flexibility index (Phi) is 8.69. The minimum Gasteiger partial charge on any atom is -0.386 e. The zero-order chi connectivity index (χ0) is 24.9. The highest BCUT2D eigenvalue weighted by Crippen LogP contribution is 2.30. The van der Waals surface area contributed by atoms with Gasteiger partial charge in [0.25, 0.3) is 0 Å². The molecule has 1 aromatic carbocycles. The van der Waals surface area contributed by atoms with Gasteiger partial charge in [0.2, 0.25) is 10.0 Å². The number of rotatable bonds is 9. The number of benzene rings is 1. The highest BCUT2D eigenvalue weighted by atomic mass is 32.2. The first-order valence-electron chi connectivity index (χ1n) is 10.9. The lowest BCUT2D eigenvalue weighted by molar-refractivity contribution is -0.899. The van der Waals surface area contributed by atoms with E-state index in [1.165, 1.54) is 12.1 Å². The Labute approximate surface area is 192 Å². The normalized spacial score (nSPS) is 20.9. The number of hydrogen-bond donors (Lipinski definition) is 1. The van der Waals surface area contributed by atoms with Crippen molar-refractivity contribution in [2.75, 3.05) is 27.2 Å². The lowest BCUT2D eigenvalue weighted by Crippen LogP contribution is -2.64. The molecule has 1 atom stereocenters. The van der Waals surface area contributed by atoms with Crippen molar-refractivity contribution in [1.29, 1.82) is 0 Å². The Morgan fingerprint density at radius 3 is 2.33 bits per heavy atom. The topological polar surface area (TPSA) is 89.5 Å². The van der Waals surface area contributed by atoms with Crippen LogP contribution >= 0.6 is 0 Å². The molecule has 0 amide bonds. The number of unbranched alkanes of at least 4 members (excludes halogenated alkanes) is 2. The van der Waals surface area contributed by atoms with Crippen LogP contribution in [0.2, 0.25) is 0 Å². The molecular formula is C22H32F3N2O5S+. The highest BCUT2D eigenvalue weighted by molar-refractivity contribution is 7.89. The maximum Gasteiger partial charge on any atom is 0.491 e. The van der Waals surface area contributed by atoms with E-state index in [4.69, 9.17) is 0 Å². The maximum absolute atomic E-state index is 13.1. The molecular weight excluding hydrogens is 461 g/mol. The average Bonchev–Trinajstić information content (AvgIpc) is 2.66. The second-order valence-electron chi connectivity index (χ2n) is 9.34. The predicted molar refractivity (Wildman–Crippen MR) is 116 cm³/mol. The Morgan fingerprint density at radius 1 is 1.15 bits per heavy atom. The molecule has 1 heterocycles. The van der Waals surface area contributed by atoms with E-state index in [-0.39, 0.29) is 17.9 Å². The number of carbonyl (C=O) groups is 2. The van der Waals surface area contributed by atoms with Crippen LogP contribution in [0.25, 0.3) is 0 Å². The molecule has 0 saturated carbocycles. The first kappa shape index (κ1) is 27.3. The summed E-state index contributed by atoms with van der Waals surface area (Å²) in [5, 5.41) is 0. The van der Waals surface area contributed by atoms with Gasteiger partial charge in [-0.05, 0) is 43.4 Å². The maximum atomic E-state index is 13.1. The van der Waals surface area contributed by atoms with Crippen molar-refractivity contribution in [3.8, 4) is 0 Å². The van der Waals surface area contributed by atoms with Gasteiger partial charge in [-0.3, -0.25) is 4.79 Å². The van der Waals surface area contributed by atoms with Gasteiger partial charge < -0.3 is 9.22 Å². The number of nitrogens with zero attached hydrogens (tertiary/aromatic N) is 1. The van der Waals surface area contributed by atoms with Gasteiger partial charge in [0.15, 0.2) is 0 Å². The van der Waals surface area contributed by atoms with Crippen LogP contribution in [0.1, 0.15) is 51.0 Å². The zero-order valence-corrected chi connectivity index (χ0v) is 20.0. The van der Waals surface area contributed by atoms with Crippen molar-refractivity contribution in [1.82, 2.24) is 4.72 Å². The second kappa shape index (κ2) is 10.5. The molecule has 1 N–H and O–H groups in total. The third kappa shape index (κ3) is 8.08. The zero-order valence-electron chi connectivity index (χ0n) is 19.2. The average molecular weight is 494 g/mol. The van der Waals surface area contributed by atoms with E-state index in [2.05, 4.69) is 16.4 Å². The third-order valence-corrected chi connectivity index (χ3v) is 7.32. The van der Waals surface area contributed by atoms with Crippen molar-refractivity contribution >= 4 is 22.0 Å². The van der Waals surface area contributed by atoms with Crippen LogP contribution in [0.15, 0.2) is 29.2 Å². The van der Waals surface area contributed by atoms with Gasteiger partial charge in [-0.1, -0.05) is 31.9 Å². The number of likely N-dealkylation sites (tertiary alicyclic amines) is 1. The smallest absolute Gasteiger partial charge is 0.386 e. The quantitative estimate of drug-likeness (QED) is 0.247. The van der Waals surface area contributed by atoms with E-state index in [0.29, 0.717) is 17.4 Å². The Morgan fingerprint density at radius 2 is 1.79 bits per heavy atom. The number of esters is 2. The summed E-state index contributed by atoms with van der Waals surface area (Å²) >= 11 is 0. The monoisotopic (exact) mass is 493 g/mol. The summed E-state index contributed by atoms with van der Waals surface area (Å²) in [5.41, 5.74) is -0.384. The summed E-state index contributed by atoms with van der Waals surface area (Å²) in [6.45, 7) is 2.94. The van der Waals surface area contributed by atoms with Crippen molar-refractivity contribution in [2.24, 2.45) is 0 Å². The van der Waals surface area contributed by atoms with E-state index in [9.17, 15) is 31.2 Å². The van der Waals surface area contributed by atoms with Gasteiger partial charge in [0.05, 0.1) is 44.0 Å². The summed E-state index contributed by atoms with van der Waals surface area (Å²) in [6.07, 6.45) is -1.28. The largest absolute Gasteiger partial charge is 0.491 e. The fourth-order valence-electron chi connectivity index (χ4n) is 4.32. The first-order valence-corrected chi connectivity index (χ1v) is 12.4. The minimum atomic E-state index is -5.32. The molecule has 2 rings (SSSR count). The molecule has 0 aromatic heterocycles. The number of sulfonamides is 1. The fraction of sp³-hybridized carbons (Fsp3) is 0.636. The summed E-state index contributed by atoms with van der Waals surface area (Å²) in [6, 6.07) is 6.42. The molecule has 1 saturated heterocycles. The van der Waals surface area contributed by atoms with Crippen LogP contribution in [0, 0.1) is 0 Å². The lowest BCUT2D eigenvalue weighted by atomic mass is 9.86. The van der Waals surface area contributed by atoms with Gasteiger partial charge in [-0.25, -0.2) is 13.2 Å². The van der Waals surface area contributed by atoms with E-state index >= 15 is 0 Å². The van der Waals surface area contributed by atoms with Gasteiger partial charge in [-0.15, -0.1) is 0 Å². The molecule has 1 fully saturated rings. The molecule has 1 aliphatic rings. The SMILES string of the molecule is CCCCCc1ccc(S(=O)(=O)NC2(CC(=O)OC(=O)C(F)(F)F)CCC[N+](C)(C)C2)cc1.